The fourth-order valence-electron chi connectivity index (χ4n) is 2.46. The Morgan fingerprint density at radius 2 is 1.88 bits per heavy atom. The topological polar surface area (TPSA) is 49.3 Å². The number of hydrogen-bond acceptors (Lipinski definition) is 3. The van der Waals surface area contributed by atoms with Crippen molar-refractivity contribution in [3.05, 3.63) is 66.8 Å². The number of nitrogens with one attached hydrogen (secondary N) is 1. The van der Waals surface area contributed by atoms with Crippen LogP contribution in [0.25, 0.3) is 0 Å². The third-order valence-corrected chi connectivity index (χ3v) is 5.09. The van der Waals surface area contributed by atoms with Crippen molar-refractivity contribution in [2.45, 2.75) is 62.3 Å². The molecule has 4 heteroatoms. The number of rotatable bonds is 4. The molecule has 0 heterocycles. The maximum atomic E-state index is 12.7. The molecule has 2 N–H and O–H groups in total. The second kappa shape index (κ2) is 11.0. The van der Waals surface area contributed by atoms with Crippen LogP contribution >= 0.6 is 11.8 Å². The molecule has 1 aromatic carbocycles. The molecule has 0 radical (unpaired) electrons. The monoisotopic (exact) mass is 373 g/mol. The molecule has 1 aliphatic carbocycles. The molecule has 1 aliphatic rings. The Morgan fingerprint density at radius 1 is 1.23 bits per heavy atom. The molecule has 142 valence electrons. The van der Waals surface area contributed by atoms with E-state index in [0.29, 0.717) is 12.8 Å². The van der Waals surface area contributed by atoms with Gasteiger partial charge in [-0.05, 0) is 38.8 Å². The van der Waals surface area contributed by atoms with E-state index in [1.165, 1.54) is 11.8 Å². The van der Waals surface area contributed by atoms with Crippen molar-refractivity contribution in [3.8, 4) is 0 Å². The minimum atomic E-state index is -0.647. The smallest absolute Gasteiger partial charge is 0.236 e. The summed E-state index contributed by atoms with van der Waals surface area (Å²) in [7, 11) is 0. The lowest BCUT2D eigenvalue weighted by molar-refractivity contribution is -0.124. The average molecular weight is 374 g/mol. The summed E-state index contributed by atoms with van der Waals surface area (Å²) in [5.41, 5.74) is 0.853. The molecule has 0 bridgehead atoms. The lowest BCUT2D eigenvalue weighted by Gasteiger charge is -2.29. The maximum absolute atomic E-state index is 12.7. The number of carbonyl (C=O) groups excluding carboxylic acids is 1. The molecule has 0 saturated carbocycles. The lowest BCUT2D eigenvalue weighted by Crippen LogP contribution is -2.49. The molecular formula is C22H31NO2S. The van der Waals surface area contributed by atoms with E-state index in [-0.39, 0.29) is 11.9 Å². The Morgan fingerprint density at radius 3 is 2.54 bits per heavy atom. The van der Waals surface area contributed by atoms with Crippen LogP contribution in [0.4, 0.5) is 0 Å². The number of aliphatic hydroxyl groups excluding tert-OH is 1. The zero-order valence-corrected chi connectivity index (χ0v) is 17.1. The molecule has 2 unspecified atom stereocenters. The number of thioether (sulfide) groups is 1. The first-order valence-electron chi connectivity index (χ1n) is 9.12. The van der Waals surface area contributed by atoms with Gasteiger partial charge in [0.25, 0.3) is 0 Å². The highest BCUT2D eigenvalue weighted by atomic mass is 32.2. The van der Waals surface area contributed by atoms with E-state index in [0.717, 1.165) is 10.5 Å². The van der Waals surface area contributed by atoms with Crippen LogP contribution in [0.2, 0.25) is 0 Å². The van der Waals surface area contributed by atoms with Crippen molar-refractivity contribution in [3.63, 3.8) is 0 Å². The first-order chi connectivity index (χ1) is 12.4. The van der Waals surface area contributed by atoms with Gasteiger partial charge in [0.05, 0.1) is 16.9 Å². The summed E-state index contributed by atoms with van der Waals surface area (Å²) < 4.78 is -0.627. The van der Waals surface area contributed by atoms with Crippen molar-refractivity contribution in [1.82, 2.24) is 5.32 Å². The first kappa shape index (κ1) is 22.3. The van der Waals surface area contributed by atoms with Crippen molar-refractivity contribution >= 4 is 17.7 Å². The summed E-state index contributed by atoms with van der Waals surface area (Å²) in [4.78, 5) is 13.8. The number of aliphatic hydroxyl groups is 1. The van der Waals surface area contributed by atoms with Crippen molar-refractivity contribution < 1.29 is 9.90 Å². The van der Waals surface area contributed by atoms with Crippen LogP contribution in [0.5, 0.6) is 0 Å². The van der Waals surface area contributed by atoms with E-state index in [9.17, 15) is 9.90 Å². The van der Waals surface area contributed by atoms with E-state index < -0.39 is 10.9 Å². The highest BCUT2D eigenvalue weighted by Crippen LogP contribution is 2.32. The summed E-state index contributed by atoms with van der Waals surface area (Å²) in [6, 6.07) is 9.54. The van der Waals surface area contributed by atoms with E-state index in [2.05, 4.69) is 11.9 Å². The third-order valence-electron chi connectivity index (χ3n) is 3.88. The van der Waals surface area contributed by atoms with Gasteiger partial charge in [-0.1, -0.05) is 68.5 Å². The van der Waals surface area contributed by atoms with Gasteiger partial charge in [-0.15, -0.1) is 11.8 Å². The van der Waals surface area contributed by atoms with Crippen molar-refractivity contribution in [1.29, 1.82) is 0 Å². The van der Waals surface area contributed by atoms with Crippen LogP contribution in [-0.2, 0) is 4.79 Å². The molecule has 2 rings (SSSR count). The van der Waals surface area contributed by atoms with Gasteiger partial charge in [0.15, 0.2) is 0 Å². The molecule has 0 aliphatic heterocycles. The van der Waals surface area contributed by atoms with Gasteiger partial charge in [0.1, 0.15) is 0 Å². The van der Waals surface area contributed by atoms with Gasteiger partial charge < -0.3 is 10.4 Å². The number of hydrogen-bond donors (Lipinski definition) is 2. The normalized spacial score (nSPS) is 22.7. The minimum Gasteiger partial charge on any atom is -0.391 e. The molecule has 3 nitrogen and oxygen atoms in total. The molecule has 0 saturated heterocycles. The van der Waals surface area contributed by atoms with E-state index in [1.54, 1.807) is 0 Å². The Labute approximate surface area is 162 Å². The number of allylic oxidation sites excluding steroid dienone is 3. The van der Waals surface area contributed by atoms with Crippen LogP contribution < -0.4 is 5.32 Å². The Bertz CT molecular complexity index is 635. The summed E-state index contributed by atoms with van der Waals surface area (Å²) >= 11 is 1.52. The first-order valence-corrected chi connectivity index (χ1v) is 9.94. The van der Waals surface area contributed by atoms with Crippen LogP contribution in [0, 0.1) is 0 Å². The van der Waals surface area contributed by atoms with Crippen molar-refractivity contribution in [2.24, 2.45) is 0 Å². The molecule has 2 atom stereocenters. The van der Waals surface area contributed by atoms with Crippen LogP contribution in [0.3, 0.4) is 0 Å². The molecular weight excluding hydrogens is 342 g/mol. The van der Waals surface area contributed by atoms with Gasteiger partial charge in [0.2, 0.25) is 5.91 Å². The Kier molecular flexibility index (Phi) is 9.46. The van der Waals surface area contributed by atoms with E-state index in [1.807, 2.05) is 82.3 Å². The minimum absolute atomic E-state index is 0.0772. The summed E-state index contributed by atoms with van der Waals surface area (Å²) in [5.74, 6) is -0.0772. The quantitative estimate of drug-likeness (QED) is 0.739. The zero-order valence-electron chi connectivity index (χ0n) is 16.2. The fraction of sp³-hybridized carbons (Fsp3) is 0.409. The number of amides is 1. The molecule has 0 fully saturated rings. The molecule has 1 aromatic rings. The van der Waals surface area contributed by atoms with Crippen LogP contribution in [0.1, 0.15) is 40.5 Å². The van der Waals surface area contributed by atoms with Gasteiger partial charge >= 0.3 is 0 Å². The summed E-state index contributed by atoms with van der Waals surface area (Å²) in [6.07, 6.45) is 8.08. The van der Waals surface area contributed by atoms with Gasteiger partial charge in [-0.3, -0.25) is 4.79 Å². The molecule has 0 aromatic heterocycles. The second-order valence-electron chi connectivity index (χ2n) is 6.46. The average Bonchev–Trinajstić information content (AvgIpc) is 2.68. The van der Waals surface area contributed by atoms with Crippen LogP contribution in [-0.4, -0.2) is 27.9 Å². The number of benzene rings is 1. The highest BCUT2D eigenvalue weighted by Gasteiger charge is 2.32. The lowest BCUT2D eigenvalue weighted by atomic mass is 10.00. The standard InChI is InChI=1S/C20H25NO2S.C2H6/c1-15-10-6-4-9-13-17(18(22)14-15)21-19(23)20(2,3)24-16-11-7-5-8-12-16;1-2/h4-12,17-18,22H,1,13-14H2,2-3H3,(H,21,23);1-2H3/b9-4-,10-6-;. The predicted molar refractivity (Wildman–Crippen MR) is 112 cm³/mol. The molecule has 1 amide bonds. The van der Waals surface area contributed by atoms with Crippen molar-refractivity contribution in [2.75, 3.05) is 0 Å². The number of carbonyl (C=O) groups is 1. The Balaban J connectivity index is 0.00000163. The largest absolute Gasteiger partial charge is 0.391 e. The maximum Gasteiger partial charge on any atom is 0.236 e. The Hall–Kier alpha value is -1.78. The summed E-state index contributed by atoms with van der Waals surface area (Å²) in [5, 5.41) is 13.4. The van der Waals surface area contributed by atoms with Gasteiger partial charge in [-0.25, -0.2) is 0 Å². The second-order valence-corrected chi connectivity index (χ2v) is 8.15. The van der Waals surface area contributed by atoms with E-state index >= 15 is 0 Å². The van der Waals surface area contributed by atoms with Crippen LogP contribution in [0.15, 0.2) is 71.7 Å². The van der Waals surface area contributed by atoms with Gasteiger partial charge in [0, 0.05) is 4.90 Å². The SMILES string of the molecule is C=C1/C=C\C=C/CC(NC(=O)C(C)(C)Sc2ccccc2)C(O)C1.CC. The van der Waals surface area contributed by atoms with Gasteiger partial charge in [-0.2, -0.15) is 0 Å². The molecule has 0 spiro atoms. The zero-order chi connectivity index (χ0) is 19.6. The predicted octanol–water partition coefficient (Wildman–Crippen LogP) is 4.89. The molecule has 26 heavy (non-hydrogen) atoms. The third kappa shape index (κ3) is 7.22. The van der Waals surface area contributed by atoms with E-state index in [4.69, 9.17) is 0 Å². The summed E-state index contributed by atoms with van der Waals surface area (Å²) in [6.45, 7) is 11.7. The fourth-order valence-corrected chi connectivity index (χ4v) is 3.49. The highest BCUT2D eigenvalue weighted by molar-refractivity contribution is 8.01.